The third-order valence-electron chi connectivity index (χ3n) is 5.08. The molecule has 0 saturated carbocycles. The number of anilines is 2. The summed E-state index contributed by atoms with van der Waals surface area (Å²) in [6.07, 6.45) is -4.65. The number of rotatable bonds is 6. The van der Waals surface area contributed by atoms with Crippen molar-refractivity contribution < 1.29 is 40.2 Å². The molecule has 0 radical (unpaired) electrons. The maximum absolute atomic E-state index is 14.2. The maximum Gasteiger partial charge on any atom is 0.419 e. The highest BCUT2D eigenvalue weighted by Crippen LogP contribution is 2.45. The predicted molar refractivity (Wildman–Crippen MR) is 104 cm³/mol. The number of nitrogens with two attached hydrogens (primary N) is 1. The average Bonchev–Trinajstić information content (AvgIpc) is 3.05. The number of benzene rings is 1. The number of aromatic nitrogens is 1. The topological polar surface area (TPSA) is 118 Å². The monoisotopic (exact) mass is 482 g/mol. The van der Waals surface area contributed by atoms with Gasteiger partial charge in [0.25, 0.3) is 10.0 Å². The Kier molecular flexibility index (Phi) is 6.23. The summed E-state index contributed by atoms with van der Waals surface area (Å²) in [4.78, 5) is 4.66. The van der Waals surface area contributed by atoms with E-state index in [1.165, 1.54) is 6.07 Å². The Hall–Kier alpha value is -2.71. The van der Waals surface area contributed by atoms with E-state index in [0.29, 0.717) is 0 Å². The Bertz CT molecular complexity index is 1120. The molecule has 2 atom stereocenters. The van der Waals surface area contributed by atoms with E-state index in [1.807, 2.05) is 0 Å². The summed E-state index contributed by atoms with van der Waals surface area (Å²) in [5, 5.41) is 17.6. The Morgan fingerprint density at radius 1 is 1.34 bits per heavy atom. The summed E-state index contributed by atoms with van der Waals surface area (Å²) in [7, 11) is -3.08. The van der Waals surface area contributed by atoms with Gasteiger partial charge in [-0.25, -0.2) is 22.9 Å². The molecule has 1 fully saturated rings. The van der Waals surface area contributed by atoms with Crippen LogP contribution >= 0.6 is 0 Å². The first-order valence-corrected chi connectivity index (χ1v) is 10.6. The van der Waals surface area contributed by atoms with E-state index in [1.54, 1.807) is 0 Å². The molecule has 1 aliphatic rings. The molecule has 8 nitrogen and oxygen atoms in total. The number of nitrogens with one attached hydrogen (secondary N) is 1. The number of methoxy groups -OCH3 is 1. The fraction of sp³-hybridized carbons (Fsp3) is 0.389. The van der Waals surface area contributed by atoms with Gasteiger partial charge >= 0.3 is 6.18 Å². The number of pyridine rings is 1. The van der Waals surface area contributed by atoms with Gasteiger partial charge in [-0.3, -0.25) is 0 Å². The Labute approximate surface area is 179 Å². The molecule has 2 heterocycles. The summed E-state index contributed by atoms with van der Waals surface area (Å²) < 4.78 is 96.1. The third kappa shape index (κ3) is 4.56. The highest BCUT2D eigenvalue weighted by molar-refractivity contribution is 7.89. The number of nitrogens with zero attached hydrogens (tertiary/aromatic N) is 2. The van der Waals surface area contributed by atoms with Crippen LogP contribution in [0.25, 0.3) is 0 Å². The van der Waals surface area contributed by atoms with Crippen molar-refractivity contribution in [3.63, 3.8) is 0 Å². The normalized spacial score (nSPS) is 21.6. The zero-order chi connectivity index (χ0) is 23.9. The largest absolute Gasteiger partial charge is 0.491 e. The molecular formula is C18H19F5N4O4S. The van der Waals surface area contributed by atoms with Crippen molar-refractivity contribution in [2.75, 3.05) is 30.4 Å². The first kappa shape index (κ1) is 23.9. The Balaban J connectivity index is 1.95. The number of alkyl halides is 3. The van der Waals surface area contributed by atoms with Crippen LogP contribution in [-0.4, -0.2) is 56.5 Å². The molecule has 1 aromatic carbocycles. The van der Waals surface area contributed by atoms with Gasteiger partial charge in [-0.05, 0) is 18.2 Å². The minimum Gasteiger partial charge on any atom is -0.491 e. The summed E-state index contributed by atoms with van der Waals surface area (Å²) in [6.45, 7) is -1.18. The molecule has 3 rings (SSSR count). The molecule has 1 saturated heterocycles. The molecule has 0 amide bonds. The number of halogens is 5. The number of sulfonamides is 1. The highest BCUT2D eigenvalue weighted by atomic mass is 32.2. The zero-order valence-corrected chi connectivity index (χ0v) is 17.3. The van der Waals surface area contributed by atoms with E-state index < -0.39 is 63.2 Å². The molecule has 1 unspecified atom stereocenters. The van der Waals surface area contributed by atoms with Gasteiger partial charge in [0.05, 0.1) is 19.3 Å². The average molecular weight is 482 g/mol. The van der Waals surface area contributed by atoms with Crippen LogP contribution in [0.2, 0.25) is 0 Å². The van der Waals surface area contributed by atoms with Crippen LogP contribution in [0.4, 0.5) is 33.3 Å². The van der Waals surface area contributed by atoms with Gasteiger partial charge in [-0.2, -0.15) is 17.6 Å². The lowest BCUT2D eigenvalue weighted by atomic mass is 10.00. The second-order valence-electron chi connectivity index (χ2n) is 7.24. The van der Waals surface area contributed by atoms with E-state index in [4.69, 9.17) is 9.88 Å². The van der Waals surface area contributed by atoms with Crippen molar-refractivity contribution >= 4 is 21.4 Å². The number of hydrogen-bond acceptors (Lipinski definition) is 7. The summed E-state index contributed by atoms with van der Waals surface area (Å²) >= 11 is 0. The van der Waals surface area contributed by atoms with Gasteiger partial charge in [0.1, 0.15) is 0 Å². The number of aliphatic hydroxyl groups is 1. The third-order valence-corrected chi connectivity index (χ3v) is 5.89. The van der Waals surface area contributed by atoms with Gasteiger partial charge in [-0.1, -0.05) is 0 Å². The second kappa shape index (κ2) is 8.33. The lowest BCUT2D eigenvalue weighted by Gasteiger charge is -2.29. The molecule has 14 heteroatoms. The number of ether oxygens (including phenoxy) is 1. The molecular weight excluding hydrogens is 463 g/mol. The molecule has 1 aliphatic heterocycles. The lowest BCUT2D eigenvalue weighted by Crippen LogP contribution is -2.47. The van der Waals surface area contributed by atoms with Crippen molar-refractivity contribution in [3.8, 4) is 5.75 Å². The first-order valence-electron chi connectivity index (χ1n) is 9.07. The van der Waals surface area contributed by atoms with Gasteiger partial charge in [-0.15, -0.1) is 0 Å². The van der Waals surface area contributed by atoms with Gasteiger partial charge in [0.2, 0.25) is 5.82 Å². The van der Waals surface area contributed by atoms with Crippen LogP contribution in [0.1, 0.15) is 6.42 Å². The molecule has 2 aromatic rings. The summed E-state index contributed by atoms with van der Waals surface area (Å²) in [5.74, 6) is -3.24. The van der Waals surface area contributed by atoms with E-state index in [0.717, 1.165) is 36.4 Å². The van der Waals surface area contributed by atoms with Crippen LogP contribution in [-0.2, 0) is 10.0 Å². The van der Waals surface area contributed by atoms with Crippen molar-refractivity contribution in [1.82, 2.24) is 4.98 Å². The molecule has 176 valence electrons. The van der Waals surface area contributed by atoms with Gasteiger partial charge in [0.15, 0.2) is 22.2 Å². The second-order valence-corrected chi connectivity index (χ2v) is 8.75. The van der Waals surface area contributed by atoms with Crippen LogP contribution in [0.3, 0.4) is 0 Å². The quantitative estimate of drug-likeness (QED) is 0.539. The fourth-order valence-electron chi connectivity index (χ4n) is 3.50. The number of primary sulfonamides is 1. The van der Waals surface area contributed by atoms with Crippen LogP contribution in [0.15, 0.2) is 35.5 Å². The molecule has 32 heavy (non-hydrogen) atoms. The molecule has 4 N–H and O–H groups in total. The molecule has 0 spiro atoms. The van der Waals surface area contributed by atoms with Gasteiger partial charge in [0, 0.05) is 37.0 Å². The summed E-state index contributed by atoms with van der Waals surface area (Å²) in [5.41, 5.74) is -3.12. The van der Waals surface area contributed by atoms with E-state index >= 15 is 0 Å². The minimum absolute atomic E-state index is 0.182. The van der Waals surface area contributed by atoms with Crippen molar-refractivity contribution in [1.29, 1.82) is 0 Å². The number of hydrogen-bond donors (Lipinski definition) is 3. The molecule has 0 aliphatic carbocycles. The fourth-order valence-corrected chi connectivity index (χ4v) is 4.00. The van der Waals surface area contributed by atoms with Crippen LogP contribution < -0.4 is 20.1 Å². The van der Waals surface area contributed by atoms with E-state index in [9.17, 15) is 35.5 Å². The van der Waals surface area contributed by atoms with Crippen molar-refractivity contribution in [3.05, 3.63) is 42.1 Å². The summed E-state index contributed by atoms with van der Waals surface area (Å²) in [6, 6.07) is 3.18. The number of β-amino-alcohol motifs (C(OH)–C–C–N with tert-alkyl or cyclic N) is 1. The predicted octanol–water partition coefficient (Wildman–Crippen LogP) is 2.00. The highest BCUT2D eigenvalue weighted by Gasteiger charge is 2.60. The zero-order valence-electron chi connectivity index (χ0n) is 16.5. The van der Waals surface area contributed by atoms with Crippen LogP contribution in [0.5, 0.6) is 5.75 Å². The first-order chi connectivity index (χ1) is 14.8. The van der Waals surface area contributed by atoms with E-state index in [2.05, 4.69) is 10.3 Å². The molecule has 0 bridgehead atoms. The smallest absolute Gasteiger partial charge is 0.419 e. The minimum atomic E-state index is -5.00. The van der Waals surface area contributed by atoms with Crippen molar-refractivity contribution in [2.45, 2.75) is 29.3 Å². The van der Waals surface area contributed by atoms with Crippen LogP contribution in [0, 0.1) is 11.6 Å². The lowest BCUT2D eigenvalue weighted by molar-refractivity contribution is -0.251. The Morgan fingerprint density at radius 2 is 2.03 bits per heavy atom. The molecule has 1 aromatic heterocycles. The Morgan fingerprint density at radius 3 is 2.62 bits per heavy atom. The standard InChI is InChI=1S/C18H19F5N4O4S/c1-31-16-13(3-2-12(19)15(16)20)27-9-17(28,18(21,22)23)7-11(27)8-26-10-4-5-25-14(6-10)32(24,29)30/h2-6,11,28H,7-9H2,1H3,(H,25,26)(H2,24,29,30)/t11?,17-/m0/s1. The van der Waals surface area contributed by atoms with Gasteiger partial charge < -0.3 is 20.1 Å². The van der Waals surface area contributed by atoms with Crippen molar-refractivity contribution in [2.24, 2.45) is 5.14 Å². The maximum atomic E-state index is 14.2. The van der Waals surface area contributed by atoms with E-state index in [-0.39, 0.29) is 17.9 Å². The SMILES string of the molecule is COc1c(N2C[C@](O)(C(F)(F)F)CC2CNc2ccnc(S(N)(=O)=O)c2)ccc(F)c1F.